The maximum atomic E-state index is 13.0. The Hall–Kier alpha value is -1.87. The van der Waals surface area contributed by atoms with E-state index in [1.165, 1.54) is 17.7 Å². The van der Waals surface area contributed by atoms with Gasteiger partial charge in [0, 0.05) is 0 Å². The van der Waals surface area contributed by atoms with Gasteiger partial charge in [-0.05, 0) is 54.8 Å². The molecule has 0 heterocycles. The maximum Gasteiger partial charge on any atom is 0.123 e. The number of rotatable bonds is 6. The van der Waals surface area contributed by atoms with Crippen LogP contribution in [0.2, 0.25) is 0 Å². The van der Waals surface area contributed by atoms with Crippen molar-refractivity contribution >= 4 is 0 Å². The molecule has 0 unspecified atom stereocenters. The summed E-state index contributed by atoms with van der Waals surface area (Å²) in [6.45, 7) is 1.08. The van der Waals surface area contributed by atoms with E-state index < -0.39 is 0 Å². The van der Waals surface area contributed by atoms with Crippen LogP contribution in [0.5, 0.6) is 5.75 Å². The van der Waals surface area contributed by atoms with E-state index >= 15 is 0 Å². The zero-order valence-corrected chi connectivity index (χ0v) is 10.8. The van der Waals surface area contributed by atoms with Crippen LogP contribution < -0.4 is 10.5 Å². The number of halogens is 1. The predicted molar refractivity (Wildman–Crippen MR) is 74.5 cm³/mol. The number of ether oxygens (including phenoxy) is 1. The van der Waals surface area contributed by atoms with Gasteiger partial charge in [0.15, 0.2) is 0 Å². The highest BCUT2D eigenvalue weighted by Gasteiger charge is 1.98. The van der Waals surface area contributed by atoms with Crippen molar-refractivity contribution in [1.29, 1.82) is 0 Å². The number of benzene rings is 2. The first kappa shape index (κ1) is 13.6. The van der Waals surface area contributed by atoms with Crippen LogP contribution in [-0.2, 0) is 13.0 Å². The third-order valence-corrected chi connectivity index (χ3v) is 2.89. The monoisotopic (exact) mass is 259 g/mol. The SMILES string of the molecule is NCCCc1ccc(OCc2cccc(F)c2)cc1. The van der Waals surface area contributed by atoms with Crippen molar-refractivity contribution in [1.82, 2.24) is 0 Å². The number of hydrogen-bond acceptors (Lipinski definition) is 2. The van der Waals surface area contributed by atoms with E-state index in [2.05, 4.69) is 0 Å². The molecular formula is C16H18FNO. The molecule has 0 radical (unpaired) electrons. The van der Waals surface area contributed by atoms with Crippen molar-refractivity contribution < 1.29 is 9.13 Å². The third kappa shape index (κ3) is 4.38. The summed E-state index contributed by atoms with van der Waals surface area (Å²) in [7, 11) is 0. The van der Waals surface area contributed by atoms with Crippen molar-refractivity contribution in [3.63, 3.8) is 0 Å². The van der Waals surface area contributed by atoms with E-state index in [9.17, 15) is 4.39 Å². The molecule has 0 bridgehead atoms. The van der Waals surface area contributed by atoms with E-state index in [1.807, 2.05) is 30.3 Å². The van der Waals surface area contributed by atoms with Crippen molar-refractivity contribution in [3.05, 3.63) is 65.5 Å². The van der Waals surface area contributed by atoms with Gasteiger partial charge in [-0.15, -0.1) is 0 Å². The fourth-order valence-corrected chi connectivity index (χ4v) is 1.85. The average molecular weight is 259 g/mol. The van der Waals surface area contributed by atoms with Crippen molar-refractivity contribution in [2.75, 3.05) is 6.54 Å². The lowest BCUT2D eigenvalue weighted by molar-refractivity contribution is 0.305. The molecule has 19 heavy (non-hydrogen) atoms. The Morgan fingerprint density at radius 2 is 1.79 bits per heavy atom. The Kier molecular flexibility index (Phi) is 4.93. The molecule has 2 rings (SSSR count). The average Bonchev–Trinajstić information content (AvgIpc) is 2.44. The van der Waals surface area contributed by atoms with Gasteiger partial charge in [-0.1, -0.05) is 24.3 Å². The second-order valence-electron chi connectivity index (χ2n) is 4.45. The second-order valence-corrected chi connectivity index (χ2v) is 4.45. The highest BCUT2D eigenvalue weighted by Crippen LogP contribution is 2.15. The smallest absolute Gasteiger partial charge is 0.123 e. The predicted octanol–water partition coefficient (Wildman–Crippen LogP) is 3.30. The fourth-order valence-electron chi connectivity index (χ4n) is 1.85. The summed E-state index contributed by atoms with van der Waals surface area (Å²) in [5.41, 5.74) is 7.55. The quantitative estimate of drug-likeness (QED) is 0.864. The molecule has 0 aliphatic carbocycles. The lowest BCUT2D eigenvalue weighted by Crippen LogP contribution is -2.00. The van der Waals surface area contributed by atoms with E-state index in [0.29, 0.717) is 13.2 Å². The topological polar surface area (TPSA) is 35.2 Å². The van der Waals surface area contributed by atoms with Crippen molar-refractivity contribution in [2.24, 2.45) is 5.73 Å². The van der Waals surface area contributed by atoms with Gasteiger partial charge in [0.1, 0.15) is 18.2 Å². The molecule has 2 aromatic rings. The first-order chi connectivity index (χ1) is 9.28. The van der Waals surface area contributed by atoms with Crippen molar-refractivity contribution in [3.8, 4) is 5.75 Å². The van der Waals surface area contributed by atoms with Crippen molar-refractivity contribution in [2.45, 2.75) is 19.4 Å². The Labute approximate surface area is 113 Å². The van der Waals surface area contributed by atoms with Crippen LogP contribution >= 0.6 is 0 Å². The molecule has 0 atom stereocenters. The van der Waals surface area contributed by atoms with Crippen LogP contribution in [0.15, 0.2) is 48.5 Å². The Balaban J connectivity index is 1.89. The highest BCUT2D eigenvalue weighted by atomic mass is 19.1. The minimum absolute atomic E-state index is 0.238. The summed E-state index contributed by atoms with van der Waals surface area (Å²) in [6, 6.07) is 14.4. The first-order valence-corrected chi connectivity index (χ1v) is 6.44. The molecule has 2 nitrogen and oxygen atoms in total. The van der Waals surface area contributed by atoms with Crippen LogP contribution in [0.4, 0.5) is 4.39 Å². The Bertz CT molecular complexity index is 510. The molecule has 0 aliphatic heterocycles. The molecule has 3 heteroatoms. The zero-order valence-electron chi connectivity index (χ0n) is 10.8. The summed E-state index contributed by atoms with van der Waals surface area (Å²) >= 11 is 0. The van der Waals surface area contributed by atoms with Gasteiger partial charge in [0.2, 0.25) is 0 Å². The van der Waals surface area contributed by atoms with E-state index in [-0.39, 0.29) is 5.82 Å². The normalized spacial score (nSPS) is 10.4. The molecule has 2 N–H and O–H groups in total. The second kappa shape index (κ2) is 6.90. The molecule has 0 fully saturated rings. The van der Waals surface area contributed by atoms with E-state index in [0.717, 1.165) is 24.2 Å². The minimum atomic E-state index is -0.238. The molecule has 0 saturated heterocycles. The van der Waals surface area contributed by atoms with Crippen LogP contribution in [0.25, 0.3) is 0 Å². The zero-order chi connectivity index (χ0) is 13.5. The van der Waals surface area contributed by atoms with Gasteiger partial charge >= 0.3 is 0 Å². The van der Waals surface area contributed by atoms with Gasteiger partial charge in [0.05, 0.1) is 0 Å². The van der Waals surface area contributed by atoms with Gasteiger partial charge in [-0.2, -0.15) is 0 Å². The lowest BCUT2D eigenvalue weighted by atomic mass is 10.1. The number of hydrogen-bond donors (Lipinski definition) is 1. The molecule has 0 saturated carbocycles. The molecule has 0 aliphatic rings. The summed E-state index contributed by atoms with van der Waals surface area (Å²) < 4.78 is 18.6. The molecule has 0 aromatic heterocycles. The van der Waals surface area contributed by atoms with Gasteiger partial charge in [0.25, 0.3) is 0 Å². The summed E-state index contributed by atoms with van der Waals surface area (Å²) in [6.07, 6.45) is 1.98. The summed E-state index contributed by atoms with van der Waals surface area (Å²) in [5.74, 6) is 0.555. The fraction of sp³-hybridized carbons (Fsp3) is 0.250. The number of nitrogens with two attached hydrogens (primary N) is 1. The Morgan fingerprint density at radius 1 is 1.00 bits per heavy atom. The highest BCUT2D eigenvalue weighted by molar-refractivity contribution is 5.28. The van der Waals surface area contributed by atoms with E-state index in [1.54, 1.807) is 6.07 Å². The molecule has 2 aromatic carbocycles. The molecule has 100 valence electrons. The third-order valence-electron chi connectivity index (χ3n) is 2.89. The van der Waals surface area contributed by atoms with Crippen LogP contribution in [0.1, 0.15) is 17.5 Å². The van der Waals surface area contributed by atoms with Gasteiger partial charge < -0.3 is 10.5 Å². The van der Waals surface area contributed by atoms with Crippen LogP contribution in [0, 0.1) is 5.82 Å². The van der Waals surface area contributed by atoms with Gasteiger partial charge in [-0.25, -0.2) is 4.39 Å². The van der Waals surface area contributed by atoms with Crippen LogP contribution in [0.3, 0.4) is 0 Å². The minimum Gasteiger partial charge on any atom is -0.489 e. The lowest BCUT2D eigenvalue weighted by Gasteiger charge is -2.07. The maximum absolute atomic E-state index is 13.0. The molecule has 0 amide bonds. The van der Waals surface area contributed by atoms with E-state index in [4.69, 9.17) is 10.5 Å². The standard InChI is InChI=1S/C16H18FNO/c17-15-5-1-3-14(11-15)12-19-16-8-6-13(7-9-16)4-2-10-18/h1,3,5-9,11H,2,4,10,12,18H2. The first-order valence-electron chi connectivity index (χ1n) is 6.44. The molecular weight excluding hydrogens is 241 g/mol. The summed E-state index contributed by atoms with van der Waals surface area (Å²) in [5, 5.41) is 0. The van der Waals surface area contributed by atoms with Crippen LogP contribution in [-0.4, -0.2) is 6.54 Å². The Morgan fingerprint density at radius 3 is 2.47 bits per heavy atom. The summed E-state index contributed by atoms with van der Waals surface area (Å²) in [4.78, 5) is 0. The number of aryl methyl sites for hydroxylation is 1. The van der Waals surface area contributed by atoms with Gasteiger partial charge in [-0.3, -0.25) is 0 Å². The largest absolute Gasteiger partial charge is 0.489 e. The molecule has 0 spiro atoms.